The lowest BCUT2D eigenvalue weighted by atomic mass is 10.0. The third-order valence-electron chi connectivity index (χ3n) is 4.88. The molecule has 0 aliphatic heterocycles. The molecule has 2 aromatic carbocycles. The number of ether oxygens (including phenoxy) is 1. The van der Waals surface area contributed by atoms with E-state index in [0.29, 0.717) is 18.5 Å². The number of hydrogen-bond acceptors (Lipinski definition) is 3. The molecule has 5 nitrogen and oxygen atoms in total. The molecule has 0 spiro atoms. The van der Waals surface area contributed by atoms with Crippen molar-refractivity contribution in [3.63, 3.8) is 0 Å². The minimum Gasteiger partial charge on any atom is -0.497 e. The van der Waals surface area contributed by atoms with Crippen LogP contribution in [0.1, 0.15) is 28.7 Å². The molecule has 1 aromatic heterocycles. The van der Waals surface area contributed by atoms with Crippen molar-refractivity contribution in [2.24, 2.45) is 0 Å². The molecule has 0 saturated carbocycles. The van der Waals surface area contributed by atoms with E-state index in [0.717, 1.165) is 39.8 Å². The Morgan fingerprint density at radius 1 is 1.11 bits per heavy atom. The molecule has 1 amide bonds. The molecule has 0 aliphatic rings. The topological polar surface area (TPSA) is 71.2 Å². The van der Waals surface area contributed by atoms with Crippen molar-refractivity contribution in [2.45, 2.75) is 33.1 Å². The van der Waals surface area contributed by atoms with Gasteiger partial charge in [0, 0.05) is 29.4 Å². The van der Waals surface area contributed by atoms with Crippen molar-refractivity contribution in [3.8, 4) is 5.75 Å². The molecular formula is C23H26N2O3. The molecule has 0 fully saturated rings. The zero-order chi connectivity index (χ0) is 20.1. The third kappa shape index (κ3) is 4.80. The second-order valence-electron chi connectivity index (χ2n) is 7.12. The van der Waals surface area contributed by atoms with Gasteiger partial charge in [0.25, 0.3) is 5.56 Å². The normalized spacial score (nSPS) is 10.8. The van der Waals surface area contributed by atoms with Crippen molar-refractivity contribution in [3.05, 3.63) is 75.1 Å². The van der Waals surface area contributed by atoms with Crippen LogP contribution in [0.25, 0.3) is 10.9 Å². The summed E-state index contributed by atoms with van der Waals surface area (Å²) in [6.07, 6.45) is 1.44. The fraction of sp³-hybridized carbons (Fsp3) is 0.304. The first-order chi connectivity index (χ1) is 13.5. The average Bonchev–Trinajstić information content (AvgIpc) is 2.66. The average molecular weight is 378 g/mol. The SMILES string of the molecule is COc1cccc(CCNC(=O)CCc2cc3c(C)cc(C)cc3[nH]c2=O)c1. The zero-order valence-electron chi connectivity index (χ0n) is 16.6. The van der Waals surface area contributed by atoms with Crippen molar-refractivity contribution < 1.29 is 9.53 Å². The zero-order valence-corrected chi connectivity index (χ0v) is 16.6. The fourth-order valence-electron chi connectivity index (χ4n) is 3.41. The number of hydrogen-bond donors (Lipinski definition) is 2. The molecule has 5 heteroatoms. The van der Waals surface area contributed by atoms with E-state index in [1.54, 1.807) is 7.11 Å². The predicted octanol–water partition coefficient (Wildman–Crippen LogP) is 3.45. The number of aromatic amines is 1. The van der Waals surface area contributed by atoms with Crippen molar-refractivity contribution in [2.75, 3.05) is 13.7 Å². The van der Waals surface area contributed by atoms with E-state index in [1.165, 1.54) is 0 Å². The largest absolute Gasteiger partial charge is 0.497 e. The van der Waals surface area contributed by atoms with Gasteiger partial charge >= 0.3 is 0 Å². The van der Waals surface area contributed by atoms with E-state index in [2.05, 4.69) is 16.4 Å². The molecular weight excluding hydrogens is 352 g/mol. The Labute approximate surface area is 164 Å². The first kappa shape index (κ1) is 19.7. The van der Waals surface area contributed by atoms with Crippen LogP contribution in [0, 0.1) is 13.8 Å². The minimum absolute atomic E-state index is 0.0528. The minimum atomic E-state index is -0.123. The summed E-state index contributed by atoms with van der Waals surface area (Å²) in [7, 11) is 1.64. The van der Waals surface area contributed by atoms with Gasteiger partial charge in [0.05, 0.1) is 7.11 Å². The van der Waals surface area contributed by atoms with E-state index in [4.69, 9.17) is 4.74 Å². The number of aromatic nitrogens is 1. The van der Waals surface area contributed by atoms with Gasteiger partial charge < -0.3 is 15.0 Å². The lowest BCUT2D eigenvalue weighted by molar-refractivity contribution is -0.121. The summed E-state index contributed by atoms with van der Waals surface area (Å²) in [5.41, 5.74) is 4.70. The number of pyridine rings is 1. The highest BCUT2D eigenvalue weighted by Gasteiger charge is 2.08. The summed E-state index contributed by atoms with van der Waals surface area (Å²) in [4.78, 5) is 27.4. The number of methoxy groups -OCH3 is 1. The Balaban J connectivity index is 1.57. The molecule has 1 heterocycles. The summed E-state index contributed by atoms with van der Waals surface area (Å²) in [5.74, 6) is 0.757. The Morgan fingerprint density at radius 2 is 1.93 bits per heavy atom. The Kier molecular flexibility index (Phi) is 6.14. The Bertz CT molecular complexity index is 1050. The fourth-order valence-corrected chi connectivity index (χ4v) is 3.41. The maximum Gasteiger partial charge on any atom is 0.251 e. The van der Waals surface area contributed by atoms with Gasteiger partial charge in [-0.15, -0.1) is 0 Å². The van der Waals surface area contributed by atoms with Gasteiger partial charge in [-0.3, -0.25) is 9.59 Å². The number of aryl methyl sites for hydroxylation is 3. The molecule has 0 aliphatic carbocycles. The van der Waals surface area contributed by atoms with Gasteiger partial charge in [-0.25, -0.2) is 0 Å². The number of carbonyl (C=O) groups excluding carboxylic acids is 1. The second-order valence-corrected chi connectivity index (χ2v) is 7.12. The first-order valence-corrected chi connectivity index (χ1v) is 9.49. The number of H-pyrrole nitrogens is 1. The van der Waals surface area contributed by atoms with Crippen LogP contribution in [0.4, 0.5) is 0 Å². The lowest BCUT2D eigenvalue weighted by Gasteiger charge is -2.08. The molecule has 0 unspecified atom stereocenters. The smallest absolute Gasteiger partial charge is 0.251 e. The van der Waals surface area contributed by atoms with Crippen LogP contribution in [0.15, 0.2) is 47.3 Å². The number of carbonyl (C=O) groups is 1. The number of fused-ring (bicyclic) bond motifs is 1. The predicted molar refractivity (Wildman–Crippen MR) is 112 cm³/mol. The van der Waals surface area contributed by atoms with E-state index < -0.39 is 0 Å². The molecule has 146 valence electrons. The first-order valence-electron chi connectivity index (χ1n) is 9.49. The van der Waals surface area contributed by atoms with Crippen LogP contribution < -0.4 is 15.6 Å². The third-order valence-corrected chi connectivity index (χ3v) is 4.88. The molecule has 2 N–H and O–H groups in total. The van der Waals surface area contributed by atoms with Gasteiger partial charge in [0.2, 0.25) is 5.91 Å². The van der Waals surface area contributed by atoms with Gasteiger partial charge in [0.15, 0.2) is 0 Å². The van der Waals surface area contributed by atoms with E-state index >= 15 is 0 Å². The van der Waals surface area contributed by atoms with Crippen LogP contribution in [0.5, 0.6) is 5.75 Å². The highest BCUT2D eigenvalue weighted by molar-refractivity contribution is 5.83. The monoisotopic (exact) mass is 378 g/mol. The number of amides is 1. The molecule has 28 heavy (non-hydrogen) atoms. The molecule has 0 bridgehead atoms. The standard InChI is InChI=1S/C23H26N2O3/c1-15-11-16(2)20-14-18(23(27)25-21(20)12-15)7-8-22(26)24-10-9-17-5-4-6-19(13-17)28-3/h4-6,11-14H,7-10H2,1-3H3,(H,24,26)(H,25,27). The molecule has 0 saturated heterocycles. The summed E-state index contributed by atoms with van der Waals surface area (Å²) >= 11 is 0. The summed E-state index contributed by atoms with van der Waals surface area (Å²) in [6, 6.07) is 13.8. The quantitative estimate of drug-likeness (QED) is 0.662. The lowest BCUT2D eigenvalue weighted by Crippen LogP contribution is -2.26. The van der Waals surface area contributed by atoms with Gasteiger partial charge in [-0.1, -0.05) is 18.2 Å². The van der Waals surface area contributed by atoms with Crippen molar-refractivity contribution in [1.29, 1.82) is 0 Å². The maximum atomic E-state index is 12.3. The number of rotatable bonds is 7. The van der Waals surface area contributed by atoms with Crippen LogP contribution in [0.2, 0.25) is 0 Å². The summed E-state index contributed by atoms with van der Waals surface area (Å²) < 4.78 is 5.21. The Hall–Kier alpha value is -3.08. The molecule has 0 atom stereocenters. The van der Waals surface area contributed by atoms with Crippen LogP contribution in [-0.4, -0.2) is 24.5 Å². The van der Waals surface area contributed by atoms with Crippen molar-refractivity contribution in [1.82, 2.24) is 10.3 Å². The van der Waals surface area contributed by atoms with E-state index in [9.17, 15) is 9.59 Å². The summed E-state index contributed by atoms with van der Waals surface area (Å²) in [6.45, 7) is 4.59. The number of benzene rings is 2. The molecule has 0 radical (unpaired) electrons. The highest BCUT2D eigenvalue weighted by Crippen LogP contribution is 2.19. The molecule has 3 aromatic rings. The van der Waals surface area contributed by atoms with Crippen LogP contribution in [0.3, 0.4) is 0 Å². The second kappa shape index (κ2) is 8.74. The van der Waals surface area contributed by atoms with Crippen molar-refractivity contribution >= 4 is 16.8 Å². The van der Waals surface area contributed by atoms with Crippen LogP contribution >= 0.6 is 0 Å². The van der Waals surface area contributed by atoms with Gasteiger partial charge in [-0.2, -0.15) is 0 Å². The van der Waals surface area contributed by atoms with Gasteiger partial charge in [0.1, 0.15) is 5.75 Å². The van der Waals surface area contributed by atoms with E-state index in [-0.39, 0.29) is 17.9 Å². The highest BCUT2D eigenvalue weighted by atomic mass is 16.5. The van der Waals surface area contributed by atoms with Crippen LogP contribution in [-0.2, 0) is 17.6 Å². The molecule has 3 rings (SSSR count). The van der Waals surface area contributed by atoms with E-state index in [1.807, 2.05) is 50.2 Å². The number of nitrogens with one attached hydrogen (secondary N) is 2. The maximum absolute atomic E-state index is 12.3. The van der Waals surface area contributed by atoms with Gasteiger partial charge in [-0.05, 0) is 67.6 Å². The Morgan fingerprint density at radius 3 is 2.71 bits per heavy atom. The summed E-state index contributed by atoms with van der Waals surface area (Å²) in [5, 5.41) is 3.95.